The number of ketones is 1. The van der Waals surface area contributed by atoms with Crippen LogP contribution in [0.2, 0.25) is 0 Å². The maximum atomic E-state index is 12.7. The Bertz CT molecular complexity index is 990. The maximum Gasteiger partial charge on any atom is 0.252 e. The Morgan fingerprint density at radius 2 is 1.64 bits per heavy atom. The summed E-state index contributed by atoms with van der Waals surface area (Å²) in [4.78, 5) is 24.2. The minimum atomic E-state index is -0.581. The molecule has 144 valence electrons. The molecule has 0 unspecified atom stereocenters. The zero-order valence-electron chi connectivity index (χ0n) is 16.1. The van der Waals surface area contributed by atoms with Gasteiger partial charge in [0.15, 0.2) is 6.61 Å². The lowest BCUT2D eigenvalue weighted by molar-refractivity contribution is 0.0911. The van der Waals surface area contributed by atoms with Crippen molar-refractivity contribution in [3.63, 3.8) is 0 Å². The molecule has 0 saturated heterocycles. The molecule has 0 bridgehead atoms. The Morgan fingerprint density at radius 1 is 0.964 bits per heavy atom. The molecule has 0 aliphatic carbocycles. The van der Waals surface area contributed by atoms with E-state index in [0.717, 1.165) is 24.4 Å². The lowest BCUT2D eigenvalue weighted by Gasteiger charge is -2.11. The number of carbonyl (C=O) groups is 2. The van der Waals surface area contributed by atoms with Crippen LogP contribution in [0, 0.1) is 13.8 Å². The first kappa shape index (κ1) is 19.4. The first-order valence-electron chi connectivity index (χ1n) is 9.23. The summed E-state index contributed by atoms with van der Waals surface area (Å²) in [6.45, 7) is 4.61. The van der Waals surface area contributed by atoms with Gasteiger partial charge in [-0.1, -0.05) is 42.5 Å². The molecule has 0 radical (unpaired) electrons. The van der Waals surface area contributed by atoms with E-state index in [9.17, 15) is 9.59 Å². The van der Waals surface area contributed by atoms with Crippen LogP contribution in [0.4, 0.5) is 0 Å². The zero-order valence-corrected chi connectivity index (χ0v) is 16.1. The summed E-state index contributed by atoms with van der Waals surface area (Å²) >= 11 is 0. The summed E-state index contributed by atoms with van der Waals surface area (Å²) < 4.78 is 7.74. The molecule has 0 spiro atoms. The van der Waals surface area contributed by atoms with Crippen molar-refractivity contribution in [1.82, 2.24) is 4.57 Å². The predicted octanol–water partition coefficient (Wildman–Crippen LogP) is 3.71. The molecule has 0 aliphatic rings. The molecule has 1 amide bonds. The fraction of sp³-hybridized carbons (Fsp3) is 0.217. The standard InChI is InChI=1S/C23H24N2O3/c1-16-14-20(17(2)25(16)13-12-18-8-4-3-5-9-18)21(26)15-28-22-11-7-6-10-19(22)23(24)27/h3-11,14H,12-13,15H2,1-2H3,(H2,24,27). The monoisotopic (exact) mass is 376 g/mol. The third-order valence-corrected chi connectivity index (χ3v) is 4.85. The minimum absolute atomic E-state index is 0.127. The van der Waals surface area contributed by atoms with Crippen molar-refractivity contribution >= 4 is 11.7 Å². The second-order valence-electron chi connectivity index (χ2n) is 6.74. The van der Waals surface area contributed by atoms with Crippen LogP contribution in [0.3, 0.4) is 0 Å². The average molecular weight is 376 g/mol. The van der Waals surface area contributed by atoms with Gasteiger partial charge >= 0.3 is 0 Å². The second-order valence-corrected chi connectivity index (χ2v) is 6.74. The van der Waals surface area contributed by atoms with E-state index in [1.165, 1.54) is 5.56 Å². The van der Waals surface area contributed by atoms with Crippen molar-refractivity contribution in [2.75, 3.05) is 6.61 Å². The summed E-state index contributed by atoms with van der Waals surface area (Å²) in [5.41, 5.74) is 9.48. The van der Waals surface area contributed by atoms with Gasteiger partial charge < -0.3 is 15.0 Å². The number of hydrogen-bond donors (Lipinski definition) is 1. The van der Waals surface area contributed by atoms with E-state index in [2.05, 4.69) is 16.7 Å². The first-order valence-corrected chi connectivity index (χ1v) is 9.23. The third-order valence-electron chi connectivity index (χ3n) is 4.85. The van der Waals surface area contributed by atoms with Gasteiger partial charge in [-0.15, -0.1) is 0 Å². The van der Waals surface area contributed by atoms with Crippen molar-refractivity contribution in [2.24, 2.45) is 5.73 Å². The molecule has 0 saturated carbocycles. The average Bonchev–Trinajstić information content (AvgIpc) is 2.99. The number of amides is 1. The van der Waals surface area contributed by atoms with Crippen LogP contribution >= 0.6 is 0 Å². The van der Waals surface area contributed by atoms with Crippen LogP contribution in [0.1, 0.15) is 37.7 Å². The van der Waals surface area contributed by atoms with Gasteiger partial charge in [0, 0.05) is 23.5 Å². The second kappa shape index (κ2) is 8.57. The number of primary amides is 1. The quantitative estimate of drug-likeness (QED) is 0.609. The molecule has 0 fully saturated rings. The third kappa shape index (κ3) is 4.31. The van der Waals surface area contributed by atoms with Crippen molar-refractivity contribution in [3.8, 4) is 5.75 Å². The topological polar surface area (TPSA) is 74.3 Å². The Kier molecular flexibility index (Phi) is 5.94. The van der Waals surface area contributed by atoms with Crippen molar-refractivity contribution in [3.05, 3.63) is 88.7 Å². The number of aromatic nitrogens is 1. The molecule has 0 atom stereocenters. The predicted molar refractivity (Wildman–Crippen MR) is 109 cm³/mol. The van der Waals surface area contributed by atoms with Crippen LogP contribution < -0.4 is 10.5 Å². The summed E-state index contributed by atoms with van der Waals surface area (Å²) in [6.07, 6.45) is 0.896. The van der Waals surface area contributed by atoms with Crippen molar-refractivity contribution in [1.29, 1.82) is 0 Å². The maximum absolute atomic E-state index is 12.7. The number of nitrogens with zero attached hydrogens (tertiary/aromatic N) is 1. The van der Waals surface area contributed by atoms with E-state index >= 15 is 0 Å². The highest BCUT2D eigenvalue weighted by Gasteiger charge is 2.17. The molecule has 3 rings (SSSR count). The summed E-state index contributed by atoms with van der Waals surface area (Å²) in [5.74, 6) is -0.387. The fourth-order valence-corrected chi connectivity index (χ4v) is 3.33. The van der Waals surface area contributed by atoms with Gasteiger partial charge in [-0.05, 0) is 44.0 Å². The van der Waals surface area contributed by atoms with Gasteiger partial charge in [-0.3, -0.25) is 9.59 Å². The lowest BCUT2D eigenvalue weighted by Crippen LogP contribution is -2.17. The van der Waals surface area contributed by atoms with Crippen LogP contribution in [-0.4, -0.2) is 22.9 Å². The van der Waals surface area contributed by atoms with Crippen LogP contribution in [0.15, 0.2) is 60.7 Å². The Balaban J connectivity index is 1.70. The largest absolute Gasteiger partial charge is 0.485 e. The van der Waals surface area contributed by atoms with E-state index in [1.807, 2.05) is 38.1 Å². The molecular formula is C23H24N2O3. The molecule has 2 aromatic carbocycles. The zero-order chi connectivity index (χ0) is 20.1. The molecule has 1 heterocycles. The first-order chi connectivity index (χ1) is 13.5. The Labute approximate surface area is 164 Å². The molecule has 0 aliphatic heterocycles. The number of benzene rings is 2. The van der Waals surface area contributed by atoms with E-state index in [4.69, 9.17) is 10.5 Å². The highest BCUT2D eigenvalue weighted by atomic mass is 16.5. The molecule has 1 aromatic heterocycles. The van der Waals surface area contributed by atoms with Crippen LogP contribution in [0.25, 0.3) is 0 Å². The minimum Gasteiger partial charge on any atom is -0.485 e. The highest BCUT2D eigenvalue weighted by Crippen LogP contribution is 2.20. The number of para-hydroxylation sites is 1. The number of rotatable bonds is 8. The van der Waals surface area contributed by atoms with Crippen LogP contribution in [-0.2, 0) is 13.0 Å². The lowest BCUT2D eigenvalue weighted by atomic mass is 10.1. The normalized spacial score (nSPS) is 10.6. The molecular weight excluding hydrogens is 352 g/mol. The molecule has 3 aromatic rings. The van der Waals surface area contributed by atoms with Gasteiger partial charge in [0.2, 0.25) is 5.78 Å². The molecule has 5 nitrogen and oxygen atoms in total. The molecule has 28 heavy (non-hydrogen) atoms. The molecule has 2 N–H and O–H groups in total. The summed E-state index contributed by atoms with van der Waals surface area (Å²) in [5, 5.41) is 0. The Morgan fingerprint density at radius 3 is 2.36 bits per heavy atom. The van der Waals surface area contributed by atoms with Crippen molar-refractivity contribution < 1.29 is 14.3 Å². The number of nitrogens with two attached hydrogens (primary N) is 1. The number of carbonyl (C=O) groups excluding carboxylic acids is 2. The fourth-order valence-electron chi connectivity index (χ4n) is 3.33. The van der Waals surface area contributed by atoms with E-state index < -0.39 is 5.91 Å². The van der Waals surface area contributed by atoms with E-state index in [1.54, 1.807) is 24.3 Å². The van der Waals surface area contributed by atoms with Gasteiger partial charge in [0.1, 0.15) is 5.75 Å². The van der Waals surface area contributed by atoms with Crippen LogP contribution in [0.5, 0.6) is 5.75 Å². The number of hydrogen-bond acceptors (Lipinski definition) is 3. The number of ether oxygens (including phenoxy) is 1. The van der Waals surface area contributed by atoms with E-state index in [0.29, 0.717) is 11.3 Å². The summed E-state index contributed by atoms with van der Waals surface area (Å²) in [7, 11) is 0. The van der Waals surface area contributed by atoms with Crippen molar-refractivity contribution in [2.45, 2.75) is 26.8 Å². The molecule has 5 heteroatoms. The van der Waals surface area contributed by atoms with Gasteiger partial charge in [0.05, 0.1) is 5.56 Å². The van der Waals surface area contributed by atoms with Gasteiger partial charge in [-0.25, -0.2) is 0 Å². The number of Topliss-reactive ketones (excluding diaryl/α,β-unsaturated/α-hetero) is 1. The Hall–Kier alpha value is -3.34. The van der Waals surface area contributed by atoms with E-state index in [-0.39, 0.29) is 18.0 Å². The SMILES string of the molecule is Cc1cc(C(=O)COc2ccccc2C(N)=O)c(C)n1CCc1ccccc1. The smallest absolute Gasteiger partial charge is 0.252 e. The summed E-state index contributed by atoms with van der Waals surface area (Å²) in [6, 6.07) is 18.8. The number of aryl methyl sites for hydroxylation is 2. The highest BCUT2D eigenvalue weighted by molar-refractivity contribution is 5.99. The van der Waals surface area contributed by atoms with Gasteiger partial charge in [-0.2, -0.15) is 0 Å². The van der Waals surface area contributed by atoms with Gasteiger partial charge in [0.25, 0.3) is 5.91 Å².